The highest BCUT2D eigenvalue weighted by atomic mass is 16.4. The van der Waals surface area contributed by atoms with Crippen LogP contribution in [0.3, 0.4) is 0 Å². The van der Waals surface area contributed by atoms with Gasteiger partial charge in [-0.15, -0.1) is 0 Å². The van der Waals surface area contributed by atoms with E-state index < -0.39 is 30.6 Å². The predicted octanol–water partition coefficient (Wildman–Crippen LogP) is -2.09. The van der Waals surface area contributed by atoms with Crippen LogP contribution < -0.4 is 10.6 Å². The van der Waals surface area contributed by atoms with Gasteiger partial charge in [0.1, 0.15) is 12.6 Å². The van der Waals surface area contributed by atoms with Crippen molar-refractivity contribution in [2.45, 2.75) is 18.6 Å². The Kier molecular flexibility index (Phi) is 3.21. The van der Waals surface area contributed by atoms with Gasteiger partial charge in [0.2, 0.25) is 5.91 Å². The van der Waals surface area contributed by atoms with E-state index in [0.717, 1.165) is 0 Å². The smallest absolute Gasteiger partial charge is 0.322 e. The molecule has 0 aromatic rings. The molecular formula is C7H12N2O4. The fourth-order valence-corrected chi connectivity index (χ4v) is 1.23. The van der Waals surface area contributed by atoms with E-state index in [1.165, 1.54) is 0 Å². The molecule has 0 aromatic carbocycles. The third-order valence-electron chi connectivity index (χ3n) is 1.89. The Morgan fingerprint density at radius 2 is 2.23 bits per heavy atom. The van der Waals surface area contributed by atoms with Gasteiger partial charge in [-0.1, -0.05) is 0 Å². The zero-order valence-electron chi connectivity index (χ0n) is 6.99. The maximum Gasteiger partial charge on any atom is 0.322 e. The summed E-state index contributed by atoms with van der Waals surface area (Å²) < 4.78 is 0. The number of aliphatic hydroxyl groups excluding tert-OH is 1. The molecule has 0 aliphatic carbocycles. The van der Waals surface area contributed by atoms with Gasteiger partial charge in [-0.3, -0.25) is 9.59 Å². The average molecular weight is 188 g/mol. The molecular weight excluding hydrogens is 176 g/mol. The van der Waals surface area contributed by atoms with Crippen LogP contribution in [0.4, 0.5) is 0 Å². The summed E-state index contributed by atoms with van der Waals surface area (Å²) in [4.78, 5) is 21.3. The number of aliphatic hydroxyl groups is 1. The topological polar surface area (TPSA) is 98.7 Å². The lowest BCUT2D eigenvalue weighted by Gasteiger charge is -2.13. The van der Waals surface area contributed by atoms with E-state index in [9.17, 15) is 14.7 Å². The zero-order chi connectivity index (χ0) is 9.84. The van der Waals surface area contributed by atoms with Crippen LogP contribution in [0.1, 0.15) is 6.42 Å². The zero-order valence-corrected chi connectivity index (χ0v) is 6.99. The molecule has 13 heavy (non-hydrogen) atoms. The normalized spacial score (nSPS) is 27.2. The molecule has 1 unspecified atom stereocenters. The Hall–Kier alpha value is -1.14. The summed E-state index contributed by atoms with van der Waals surface area (Å²) >= 11 is 0. The van der Waals surface area contributed by atoms with Gasteiger partial charge in [0.25, 0.3) is 0 Å². The number of nitrogens with one attached hydrogen (secondary N) is 2. The third kappa shape index (κ3) is 2.67. The van der Waals surface area contributed by atoms with Crippen molar-refractivity contribution in [1.82, 2.24) is 10.6 Å². The number of aliphatic carboxylic acids is 1. The maximum atomic E-state index is 11.2. The molecule has 1 heterocycles. The minimum absolute atomic E-state index is 0.413. The van der Waals surface area contributed by atoms with Gasteiger partial charge in [-0.05, 0) is 13.0 Å². The number of hydrogen-bond donors (Lipinski definition) is 4. The summed E-state index contributed by atoms with van der Waals surface area (Å²) in [5, 5.41) is 22.5. The Balaban J connectivity index is 2.34. The van der Waals surface area contributed by atoms with Crippen LogP contribution in [0.5, 0.6) is 0 Å². The summed E-state index contributed by atoms with van der Waals surface area (Å²) in [5.41, 5.74) is 0. The molecule has 1 rings (SSSR count). The van der Waals surface area contributed by atoms with Crippen molar-refractivity contribution in [3.05, 3.63) is 0 Å². The fourth-order valence-electron chi connectivity index (χ4n) is 1.23. The van der Waals surface area contributed by atoms with Gasteiger partial charge < -0.3 is 20.8 Å². The Morgan fingerprint density at radius 3 is 2.69 bits per heavy atom. The molecule has 0 aromatic heterocycles. The number of rotatable bonds is 3. The molecule has 1 fully saturated rings. The Labute approximate surface area is 74.9 Å². The summed E-state index contributed by atoms with van der Waals surface area (Å²) in [6.45, 7) is 0.163. The lowest BCUT2D eigenvalue weighted by atomic mass is 10.1. The number of carbonyl (C=O) groups excluding carboxylic acids is 1. The largest absolute Gasteiger partial charge is 0.480 e. The Bertz CT molecular complexity index is 219. The summed E-state index contributed by atoms with van der Waals surface area (Å²) in [6, 6.07) is -0.667. The number of carboxylic acids is 1. The van der Waals surface area contributed by atoms with Crippen molar-refractivity contribution in [1.29, 1.82) is 0 Å². The van der Waals surface area contributed by atoms with E-state index in [1.807, 2.05) is 0 Å². The second-order valence-corrected chi connectivity index (χ2v) is 2.90. The molecule has 1 amide bonds. The van der Waals surface area contributed by atoms with E-state index in [4.69, 9.17) is 5.11 Å². The second-order valence-electron chi connectivity index (χ2n) is 2.90. The first-order chi connectivity index (χ1) is 6.11. The van der Waals surface area contributed by atoms with Gasteiger partial charge in [-0.2, -0.15) is 0 Å². The van der Waals surface area contributed by atoms with Crippen molar-refractivity contribution < 1.29 is 19.8 Å². The van der Waals surface area contributed by atoms with Crippen molar-refractivity contribution in [3.63, 3.8) is 0 Å². The SMILES string of the molecule is O=C(O)CNC(=O)[C@H]1NCCC1O. The van der Waals surface area contributed by atoms with Gasteiger partial charge in [0.15, 0.2) is 0 Å². The molecule has 1 aliphatic heterocycles. The van der Waals surface area contributed by atoms with Gasteiger partial charge in [0, 0.05) is 0 Å². The monoisotopic (exact) mass is 188 g/mol. The summed E-state index contributed by atoms with van der Waals surface area (Å²) in [5.74, 6) is -1.56. The summed E-state index contributed by atoms with van der Waals surface area (Å²) in [7, 11) is 0. The van der Waals surface area contributed by atoms with Crippen LogP contribution in [0.2, 0.25) is 0 Å². The van der Waals surface area contributed by atoms with Crippen molar-refractivity contribution in [2.24, 2.45) is 0 Å². The van der Waals surface area contributed by atoms with Crippen LogP contribution in [-0.4, -0.2) is 47.3 Å². The lowest BCUT2D eigenvalue weighted by Crippen LogP contribution is -2.47. The molecule has 4 N–H and O–H groups in total. The summed E-state index contributed by atoms with van der Waals surface area (Å²) in [6.07, 6.45) is -0.195. The molecule has 0 radical (unpaired) electrons. The standard InChI is InChI=1S/C7H12N2O4/c10-4-1-2-8-6(4)7(13)9-3-5(11)12/h4,6,8,10H,1-3H2,(H,9,13)(H,11,12)/t4?,6-/m0/s1. The van der Waals surface area contributed by atoms with Gasteiger partial charge >= 0.3 is 5.97 Å². The van der Waals surface area contributed by atoms with Crippen LogP contribution in [0, 0.1) is 0 Å². The molecule has 6 nitrogen and oxygen atoms in total. The molecule has 0 saturated carbocycles. The van der Waals surface area contributed by atoms with Crippen molar-refractivity contribution in [3.8, 4) is 0 Å². The molecule has 2 atom stereocenters. The fraction of sp³-hybridized carbons (Fsp3) is 0.714. The van der Waals surface area contributed by atoms with Crippen LogP contribution >= 0.6 is 0 Å². The molecule has 74 valence electrons. The Morgan fingerprint density at radius 1 is 1.54 bits per heavy atom. The molecule has 1 aliphatic rings. The number of hydrogen-bond acceptors (Lipinski definition) is 4. The third-order valence-corrected chi connectivity index (χ3v) is 1.89. The van der Waals surface area contributed by atoms with E-state index in [1.54, 1.807) is 0 Å². The highest BCUT2D eigenvalue weighted by molar-refractivity contribution is 5.85. The average Bonchev–Trinajstić information content (AvgIpc) is 2.47. The molecule has 6 heteroatoms. The van der Waals surface area contributed by atoms with E-state index in [-0.39, 0.29) is 0 Å². The van der Waals surface area contributed by atoms with E-state index in [2.05, 4.69) is 10.6 Å². The first kappa shape index (κ1) is 9.94. The first-order valence-electron chi connectivity index (χ1n) is 4.02. The highest BCUT2D eigenvalue weighted by Gasteiger charge is 2.30. The number of carbonyl (C=O) groups is 2. The minimum atomic E-state index is -1.10. The van der Waals surface area contributed by atoms with Crippen LogP contribution in [0.15, 0.2) is 0 Å². The predicted molar refractivity (Wildman–Crippen MR) is 43.1 cm³/mol. The van der Waals surface area contributed by atoms with E-state index >= 15 is 0 Å². The van der Waals surface area contributed by atoms with Crippen molar-refractivity contribution in [2.75, 3.05) is 13.1 Å². The van der Waals surface area contributed by atoms with E-state index in [0.29, 0.717) is 13.0 Å². The maximum absolute atomic E-state index is 11.2. The molecule has 0 bridgehead atoms. The highest BCUT2D eigenvalue weighted by Crippen LogP contribution is 2.05. The van der Waals surface area contributed by atoms with Gasteiger partial charge in [-0.25, -0.2) is 0 Å². The minimum Gasteiger partial charge on any atom is -0.480 e. The quantitative estimate of drug-likeness (QED) is 0.407. The van der Waals surface area contributed by atoms with Crippen LogP contribution in [0.25, 0.3) is 0 Å². The van der Waals surface area contributed by atoms with Crippen molar-refractivity contribution >= 4 is 11.9 Å². The number of carboxylic acid groups (broad SMARTS) is 1. The van der Waals surface area contributed by atoms with Crippen LogP contribution in [-0.2, 0) is 9.59 Å². The number of amides is 1. The lowest BCUT2D eigenvalue weighted by molar-refractivity contribution is -0.138. The molecule has 0 spiro atoms. The second kappa shape index (κ2) is 4.20. The first-order valence-corrected chi connectivity index (χ1v) is 4.02. The molecule has 1 saturated heterocycles. The van der Waals surface area contributed by atoms with Gasteiger partial charge in [0.05, 0.1) is 6.10 Å².